The van der Waals surface area contributed by atoms with Gasteiger partial charge < -0.3 is 5.32 Å². The number of nitrogens with one attached hydrogen (secondary N) is 2. The quantitative estimate of drug-likeness (QED) is 0.496. The molecular formula is C23H19F3N2O3S. The Balaban J connectivity index is 1.64. The van der Waals surface area contributed by atoms with E-state index in [-0.39, 0.29) is 11.4 Å². The molecular weight excluding hydrogens is 441 g/mol. The lowest BCUT2D eigenvalue weighted by molar-refractivity contribution is -0.137. The normalized spacial score (nSPS) is 12.0. The fourth-order valence-electron chi connectivity index (χ4n) is 2.77. The molecule has 2 N–H and O–H groups in total. The Morgan fingerprint density at radius 1 is 0.875 bits per heavy atom. The van der Waals surface area contributed by atoms with Gasteiger partial charge in [-0.05, 0) is 47.5 Å². The van der Waals surface area contributed by atoms with Gasteiger partial charge in [-0.25, -0.2) is 8.42 Å². The van der Waals surface area contributed by atoms with E-state index in [1.54, 1.807) is 42.5 Å². The van der Waals surface area contributed by atoms with Gasteiger partial charge in [0.2, 0.25) is 5.91 Å². The summed E-state index contributed by atoms with van der Waals surface area (Å²) >= 11 is 0. The number of sulfonamides is 1. The van der Waals surface area contributed by atoms with Crippen molar-refractivity contribution in [3.63, 3.8) is 0 Å². The fourth-order valence-corrected chi connectivity index (χ4v) is 3.90. The van der Waals surface area contributed by atoms with Crippen LogP contribution in [0.5, 0.6) is 0 Å². The first-order valence-corrected chi connectivity index (χ1v) is 10.9. The van der Waals surface area contributed by atoms with Crippen LogP contribution in [0.15, 0.2) is 89.8 Å². The monoisotopic (exact) mass is 460 g/mol. The molecule has 0 bridgehead atoms. The number of alkyl halides is 3. The summed E-state index contributed by atoms with van der Waals surface area (Å²) in [6.45, 7) is 0.0453. The van der Waals surface area contributed by atoms with Gasteiger partial charge in [0.05, 0.1) is 16.1 Å². The Morgan fingerprint density at radius 2 is 1.50 bits per heavy atom. The predicted molar refractivity (Wildman–Crippen MR) is 116 cm³/mol. The third-order valence-corrected chi connectivity index (χ3v) is 5.81. The number of carbonyl (C=O) groups excluding carboxylic acids is 1. The Kier molecular flexibility index (Phi) is 6.99. The van der Waals surface area contributed by atoms with E-state index in [1.807, 2.05) is 0 Å². The van der Waals surface area contributed by atoms with E-state index in [0.717, 1.165) is 12.1 Å². The zero-order valence-electron chi connectivity index (χ0n) is 16.6. The molecule has 166 valence electrons. The first-order valence-electron chi connectivity index (χ1n) is 9.44. The van der Waals surface area contributed by atoms with E-state index in [2.05, 4.69) is 10.0 Å². The average molecular weight is 460 g/mol. The van der Waals surface area contributed by atoms with E-state index in [1.165, 1.54) is 36.4 Å². The molecule has 0 heterocycles. The number of halogens is 3. The highest BCUT2D eigenvalue weighted by molar-refractivity contribution is 7.92. The topological polar surface area (TPSA) is 75.3 Å². The molecule has 3 aromatic carbocycles. The molecule has 0 aromatic heterocycles. The van der Waals surface area contributed by atoms with E-state index < -0.39 is 27.7 Å². The van der Waals surface area contributed by atoms with Crippen molar-refractivity contribution in [2.75, 3.05) is 4.72 Å². The van der Waals surface area contributed by atoms with Gasteiger partial charge in [0.15, 0.2) is 0 Å². The molecule has 0 spiro atoms. The number of benzene rings is 3. The third-order valence-electron chi connectivity index (χ3n) is 4.43. The zero-order chi connectivity index (χ0) is 23.2. The molecule has 1 amide bonds. The van der Waals surface area contributed by atoms with E-state index in [4.69, 9.17) is 0 Å². The number of hydrogen-bond acceptors (Lipinski definition) is 3. The third kappa shape index (κ3) is 6.21. The smallest absolute Gasteiger partial charge is 0.348 e. The maximum absolute atomic E-state index is 12.6. The van der Waals surface area contributed by atoms with Gasteiger partial charge in [-0.2, -0.15) is 13.2 Å². The van der Waals surface area contributed by atoms with Gasteiger partial charge in [0, 0.05) is 12.6 Å². The minimum Gasteiger partial charge on any atom is -0.348 e. The van der Waals surface area contributed by atoms with Crippen LogP contribution in [-0.2, 0) is 27.5 Å². The van der Waals surface area contributed by atoms with E-state index in [9.17, 15) is 26.4 Å². The number of hydrogen-bond donors (Lipinski definition) is 2. The summed E-state index contributed by atoms with van der Waals surface area (Å²) in [7, 11) is -3.79. The molecule has 0 atom stereocenters. The van der Waals surface area contributed by atoms with Crippen LogP contribution in [0.4, 0.5) is 18.9 Å². The van der Waals surface area contributed by atoms with Crippen LogP contribution in [0.3, 0.4) is 0 Å². The van der Waals surface area contributed by atoms with Crippen molar-refractivity contribution in [3.8, 4) is 0 Å². The Labute approximate surface area is 183 Å². The van der Waals surface area contributed by atoms with Gasteiger partial charge in [0.1, 0.15) is 0 Å². The lowest BCUT2D eigenvalue weighted by atomic mass is 10.1. The molecule has 9 heteroatoms. The largest absolute Gasteiger partial charge is 0.416 e. The summed E-state index contributed by atoms with van der Waals surface area (Å²) in [5.41, 5.74) is 0.532. The van der Waals surface area contributed by atoms with Crippen molar-refractivity contribution in [2.45, 2.75) is 17.6 Å². The van der Waals surface area contributed by atoms with Gasteiger partial charge in [-0.1, -0.05) is 48.5 Å². The van der Waals surface area contributed by atoms with Crippen LogP contribution >= 0.6 is 0 Å². The van der Waals surface area contributed by atoms with Crippen molar-refractivity contribution < 1.29 is 26.4 Å². The molecule has 0 radical (unpaired) electrons. The minimum absolute atomic E-state index is 0.0453. The van der Waals surface area contributed by atoms with Crippen molar-refractivity contribution in [1.82, 2.24) is 5.32 Å². The summed E-state index contributed by atoms with van der Waals surface area (Å²) < 4.78 is 65.4. The summed E-state index contributed by atoms with van der Waals surface area (Å²) in [4.78, 5) is 12.2. The molecule has 3 rings (SSSR count). The maximum Gasteiger partial charge on any atom is 0.416 e. The van der Waals surface area contributed by atoms with Crippen molar-refractivity contribution in [1.29, 1.82) is 0 Å². The fraction of sp³-hybridized carbons (Fsp3) is 0.0870. The van der Waals surface area contributed by atoms with Gasteiger partial charge >= 0.3 is 6.18 Å². The first kappa shape index (κ1) is 23.1. The number of carbonyl (C=O) groups is 1. The van der Waals surface area contributed by atoms with Crippen molar-refractivity contribution in [3.05, 3.63) is 102 Å². The number of amides is 1. The molecule has 3 aromatic rings. The summed E-state index contributed by atoms with van der Waals surface area (Å²) in [5.74, 6) is -0.481. The summed E-state index contributed by atoms with van der Waals surface area (Å²) in [6, 6.07) is 18.9. The van der Waals surface area contributed by atoms with Crippen LogP contribution < -0.4 is 10.0 Å². The summed E-state index contributed by atoms with van der Waals surface area (Å²) in [6.07, 6.45) is -1.84. The van der Waals surface area contributed by atoms with Gasteiger partial charge in [-0.3, -0.25) is 9.52 Å². The number of para-hydroxylation sites is 1. The van der Waals surface area contributed by atoms with Crippen LogP contribution in [0, 0.1) is 0 Å². The van der Waals surface area contributed by atoms with Gasteiger partial charge in [-0.15, -0.1) is 0 Å². The Bertz CT molecular complexity index is 1210. The van der Waals surface area contributed by atoms with Gasteiger partial charge in [0.25, 0.3) is 10.0 Å². The second kappa shape index (κ2) is 9.69. The Hall–Kier alpha value is -3.59. The van der Waals surface area contributed by atoms with E-state index in [0.29, 0.717) is 16.8 Å². The van der Waals surface area contributed by atoms with Crippen LogP contribution in [0.1, 0.15) is 16.7 Å². The predicted octanol–water partition coefficient (Wildman–Crippen LogP) is 4.84. The maximum atomic E-state index is 12.6. The highest BCUT2D eigenvalue weighted by atomic mass is 32.2. The molecule has 0 saturated heterocycles. The Morgan fingerprint density at radius 3 is 2.16 bits per heavy atom. The highest BCUT2D eigenvalue weighted by Gasteiger charge is 2.29. The zero-order valence-corrected chi connectivity index (χ0v) is 17.5. The average Bonchev–Trinajstić information content (AvgIpc) is 2.77. The molecule has 0 aliphatic carbocycles. The lowest BCUT2D eigenvalue weighted by Gasteiger charge is -2.13. The second-order valence-electron chi connectivity index (χ2n) is 6.75. The van der Waals surface area contributed by atoms with Crippen molar-refractivity contribution in [2.24, 2.45) is 0 Å². The SMILES string of the molecule is O=C(C=Cc1ccc(C(F)(F)F)cc1)NCc1ccccc1NS(=O)(=O)c1ccccc1. The number of anilines is 1. The highest BCUT2D eigenvalue weighted by Crippen LogP contribution is 2.29. The molecule has 0 aliphatic rings. The minimum atomic E-state index is -4.42. The molecule has 0 aliphatic heterocycles. The summed E-state index contributed by atoms with van der Waals surface area (Å²) in [5, 5.41) is 2.63. The lowest BCUT2D eigenvalue weighted by Crippen LogP contribution is -2.22. The molecule has 0 fully saturated rings. The molecule has 0 saturated carbocycles. The van der Waals surface area contributed by atoms with Crippen LogP contribution in [0.2, 0.25) is 0 Å². The second-order valence-corrected chi connectivity index (χ2v) is 8.43. The molecule has 32 heavy (non-hydrogen) atoms. The standard InChI is InChI=1S/C23H19F3N2O3S/c24-23(25,26)19-13-10-17(11-14-19)12-15-22(29)27-16-18-6-4-5-9-21(18)28-32(30,31)20-7-2-1-3-8-20/h1-15,28H,16H2,(H,27,29). The number of rotatable bonds is 7. The van der Waals surface area contributed by atoms with Crippen molar-refractivity contribution >= 4 is 27.7 Å². The van der Waals surface area contributed by atoms with E-state index >= 15 is 0 Å². The molecule has 0 unspecified atom stereocenters. The molecule has 5 nitrogen and oxygen atoms in total. The van der Waals surface area contributed by atoms with Crippen LogP contribution in [0.25, 0.3) is 6.08 Å². The van der Waals surface area contributed by atoms with Crippen LogP contribution in [-0.4, -0.2) is 14.3 Å². The first-order chi connectivity index (χ1) is 15.1.